The fourth-order valence-electron chi connectivity index (χ4n) is 2.28. The number of nitrogens with zero attached hydrogens (tertiary/aromatic N) is 1. The molecule has 0 saturated carbocycles. The average Bonchev–Trinajstić information content (AvgIpc) is 2.87. The maximum Gasteiger partial charge on any atom is 0.311 e. The molecule has 0 spiro atoms. The fourth-order valence-corrected chi connectivity index (χ4v) is 3.50. The molecule has 3 rings (SSSR count). The van der Waals surface area contributed by atoms with Crippen molar-refractivity contribution in [1.29, 1.82) is 0 Å². The number of ether oxygens (including phenoxy) is 1. The third-order valence-electron chi connectivity index (χ3n) is 3.26. The van der Waals surface area contributed by atoms with Crippen LogP contribution in [0.15, 0.2) is 47.4 Å². The van der Waals surface area contributed by atoms with Crippen LogP contribution in [0.2, 0.25) is 0 Å². The minimum Gasteiger partial charge on any atom is -0.486 e. The van der Waals surface area contributed by atoms with Gasteiger partial charge in [-0.2, -0.15) is 0 Å². The molecular weight excluding hydrogens is 293 g/mol. The van der Waals surface area contributed by atoms with Crippen LogP contribution in [0.1, 0.15) is 5.56 Å². The van der Waals surface area contributed by atoms with E-state index in [1.165, 1.54) is 10.5 Å². The van der Waals surface area contributed by atoms with Gasteiger partial charge >= 0.3 is 5.69 Å². The minimum atomic E-state index is -0.564. The second kappa shape index (κ2) is 5.73. The molecule has 1 unspecified atom stereocenters. The van der Waals surface area contributed by atoms with Crippen molar-refractivity contribution in [3.05, 3.63) is 64.0 Å². The molecule has 0 aromatic heterocycles. The monoisotopic (exact) mass is 305 g/mol. The maximum atomic E-state index is 13.2. The summed E-state index contributed by atoms with van der Waals surface area (Å²) in [4.78, 5) is 11.5. The summed E-state index contributed by atoms with van der Waals surface area (Å²) in [7, 11) is 0. The first-order valence-electron chi connectivity index (χ1n) is 6.45. The molecule has 0 saturated heterocycles. The van der Waals surface area contributed by atoms with Crippen LogP contribution in [-0.2, 0) is 6.42 Å². The van der Waals surface area contributed by atoms with Crippen molar-refractivity contribution < 1.29 is 14.1 Å². The van der Waals surface area contributed by atoms with E-state index >= 15 is 0 Å². The van der Waals surface area contributed by atoms with Crippen LogP contribution in [-0.4, -0.2) is 16.8 Å². The summed E-state index contributed by atoms with van der Waals surface area (Å²) in [6.45, 7) is 0.309. The lowest BCUT2D eigenvalue weighted by molar-refractivity contribution is -0.385. The zero-order valence-corrected chi connectivity index (χ0v) is 11.8. The molecule has 1 aliphatic rings. The first-order valence-corrected chi connectivity index (χ1v) is 7.33. The summed E-state index contributed by atoms with van der Waals surface area (Å²) >= 11 is 1.69. The predicted octanol–water partition coefficient (Wildman–Crippen LogP) is 3.83. The van der Waals surface area contributed by atoms with E-state index in [0.717, 1.165) is 24.6 Å². The number of hydrogen-bond acceptors (Lipinski definition) is 4. The van der Waals surface area contributed by atoms with Crippen molar-refractivity contribution in [3.8, 4) is 5.75 Å². The van der Waals surface area contributed by atoms with Crippen LogP contribution in [0.4, 0.5) is 10.1 Å². The molecule has 0 amide bonds. The molecule has 0 fully saturated rings. The van der Waals surface area contributed by atoms with Crippen LogP contribution in [0.3, 0.4) is 0 Å². The zero-order valence-electron chi connectivity index (χ0n) is 11.0. The van der Waals surface area contributed by atoms with Gasteiger partial charge in [0.1, 0.15) is 12.4 Å². The fraction of sp³-hybridized carbons (Fsp3) is 0.200. The normalized spacial score (nSPS) is 16.5. The Kier molecular flexibility index (Phi) is 3.79. The molecule has 2 aromatic carbocycles. The Bertz CT molecular complexity index is 667. The molecule has 0 radical (unpaired) electrons. The first kappa shape index (κ1) is 13.9. The number of fused-ring (bicyclic) bond motifs is 1. The van der Waals surface area contributed by atoms with Crippen molar-refractivity contribution in [2.75, 3.05) is 6.61 Å². The molecule has 0 aliphatic carbocycles. The Morgan fingerprint density at radius 1 is 1.33 bits per heavy atom. The zero-order chi connectivity index (χ0) is 14.8. The molecule has 0 N–H and O–H groups in total. The highest BCUT2D eigenvalue weighted by atomic mass is 32.2. The van der Waals surface area contributed by atoms with Crippen LogP contribution < -0.4 is 4.74 Å². The smallest absolute Gasteiger partial charge is 0.311 e. The standard InChI is InChI=1S/C15H12FNO3S/c16-11-5-6-13(17(18)19)14(8-11)20-9-12-7-10-3-1-2-4-15(10)21-12/h1-6,8,12H,7,9H2. The van der Waals surface area contributed by atoms with E-state index in [1.807, 2.05) is 18.2 Å². The Labute approximate surface area is 125 Å². The van der Waals surface area contributed by atoms with Crippen molar-refractivity contribution in [2.45, 2.75) is 16.6 Å². The van der Waals surface area contributed by atoms with Gasteiger partial charge in [0.25, 0.3) is 0 Å². The highest BCUT2D eigenvalue weighted by Crippen LogP contribution is 2.37. The summed E-state index contributed by atoms with van der Waals surface area (Å²) in [6, 6.07) is 11.3. The van der Waals surface area contributed by atoms with E-state index < -0.39 is 10.7 Å². The largest absolute Gasteiger partial charge is 0.486 e. The van der Waals surface area contributed by atoms with E-state index in [1.54, 1.807) is 11.8 Å². The SMILES string of the molecule is O=[N+]([O-])c1ccc(F)cc1OCC1Cc2ccccc2S1. The Balaban J connectivity index is 1.69. The first-order chi connectivity index (χ1) is 10.1. The molecule has 2 aromatic rings. The summed E-state index contributed by atoms with van der Waals surface area (Å²) in [5.74, 6) is -0.561. The Morgan fingerprint density at radius 3 is 2.90 bits per heavy atom. The van der Waals surface area contributed by atoms with E-state index in [-0.39, 0.29) is 16.7 Å². The summed E-state index contributed by atoms with van der Waals surface area (Å²) in [5.41, 5.74) is 1.04. The van der Waals surface area contributed by atoms with Gasteiger partial charge in [0, 0.05) is 22.3 Å². The second-order valence-electron chi connectivity index (χ2n) is 4.73. The molecule has 0 bridgehead atoms. The minimum absolute atomic E-state index is 0.0171. The molecular formula is C15H12FNO3S. The molecule has 21 heavy (non-hydrogen) atoms. The van der Waals surface area contributed by atoms with Gasteiger partial charge in [-0.25, -0.2) is 4.39 Å². The third kappa shape index (κ3) is 3.00. The van der Waals surface area contributed by atoms with Crippen molar-refractivity contribution in [2.24, 2.45) is 0 Å². The van der Waals surface area contributed by atoms with Crippen LogP contribution in [0.5, 0.6) is 5.75 Å². The van der Waals surface area contributed by atoms with Crippen LogP contribution in [0.25, 0.3) is 0 Å². The van der Waals surface area contributed by atoms with Gasteiger partial charge in [0.2, 0.25) is 0 Å². The lowest BCUT2D eigenvalue weighted by Gasteiger charge is -2.11. The number of nitro benzene ring substituents is 1. The number of benzene rings is 2. The van der Waals surface area contributed by atoms with Crippen LogP contribution in [0, 0.1) is 15.9 Å². The number of rotatable bonds is 4. The van der Waals surface area contributed by atoms with Gasteiger partial charge in [-0.15, -0.1) is 11.8 Å². The maximum absolute atomic E-state index is 13.2. The molecule has 1 heterocycles. The lowest BCUT2D eigenvalue weighted by atomic mass is 10.1. The van der Waals surface area contributed by atoms with Crippen molar-refractivity contribution in [1.82, 2.24) is 0 Å². The second-order valence-corrected chi connectivity index (χ2v) is 6.07. The van der Waals surface area contributed by atoms with Crippen molar-refractivity contribution in [3.63, 3.8) is 0 Å². The quantitative estimate of drug-likeness (QED) is 0.636. The molecule has 1 atom stereocenters. The average molecular weight is 305 g/mol. The van der Waals surface area contributed by atoms with Gasteiger partial charge in [-0.05, 0) is 24.1 Å². The summed E-state index contributed by atoms with van der Waals surface area (Å²) in [6.07, 6.45) is 0.851. The van der Waals surface area contributed by atoms with Crippen LogP contribution >= 0.6 is 11.8 Å². The Morgan fingerprint density at radius 2 is 2.14 bits per heavy atom. The van der Waals surface area contributed by atoms with Gasteiger partial charge in [0.15, 0.2) is 5.75 Å². The topological polar surface area (TPSA) is 52.4 Å². The highest BCUT2D eigenvalue weighted by Gasteiger charge is 2.24. The third-order valence-corrected chi connectivity index (χ3v) is 4.55. The van der Waals surface area contributed by atoms with Gasteiger partial charge < -0.3 is 4.74 Å². The van der Waals surface area contributed by atoms with E-state index in [2.05, 4.69) is 6.07 Å². The molecule has 1 aliphatic heterocycles. The highest BCUT2D eigenvalue weighted by molar-refractivity contribution is 8.00. The number of thioether (sulfide) groups is 1. The van der Waals surface area contributed by atoms with E-state index in [0.29, 0.717) is 6.61 Å². The van der Waals surface area contributed by atoms with E-state index in [9.17, 15) is 14.5 Å². The number of nitro groups is 1. The number of halogens is 1. The van der Waals surface area contributed by atoms with E-state index in [4.69, 9.17) is 4.74 Å². The van der Waals surface area contributed by atoms with Gasteiger partial charge in [-0.3, -0.25) is 10.1 Å². The summed E-state index contributed by atoms with van der Waals surface area (Å²) in [5, 5.41) is 11.1. The number of hydrogen-bond donors (Lipinski definition) is 0. The molecule has 4 nitrogen and oxygen atoms in total. The van der Waals surface area contributed by atoms with Gasteiger partial charge in [-0.1, -0.05) is 18.2 Å². The molecule has 108 valence electrons. The molecule has 6 heteroatoms. The predicted molar refractivity (Wildman–Crippen MR) is 78.3 cm³/mol. The summed E-state index contributed by atoms with van der Waals surface area (Å²) < 4.78 is 18.7. The Hall–Kier alpha value is -2.08. The van der Waals surface area contributed by atoms with Crippen molar-refractivity contribution >= 4 is 17.4 Å². The lowest BCUT2D eigenvalue weighted by Crippen LogP contribution is -2.14. The van der Waals surface area contributed by atoms with Gasteiger partial charge in [0.05, 0.1) is 4.92 Å².